The molecule has 1 aromatic carbocycles. The van der Waals surface area contributed by atoms with Gasteiger partial charge in [0.05, 0.1) is 12.3 Å². The summed E-state index contributed by atoms with van der Waals surface area (Å²) in [6.07, 6.45) is 5.91. The van der Waals surface area contributed by atoms with Gasteiger partial charge in [0.15, 0.2) is 0 Å². The van der Waals surface area contributed by atoms with Gasteiger partial charge >= 0.3 is 0 Å². The maximum Gasteiger partial charge on any atom is 0.142 e. The summed E-state index contributed by atoms with van der Waals surface area (Å²) in [7, 11) is 0. The van der Waals surface area contributed by atoms with Gasteiger partial charge in [0.25, 0.3) is 0 Å². The largest absolute Gasteiger partial charge is 0.491 e. The Balaban J connectivity index is 2.36. The Bertz CT molecular complexity index is 310. The van der Waals surface area contributed by atoms with Crippen molar-refractivity contribution in [1.29, 1.82) is 0 Å². The number of aryl methyl sites for hydroxylation is 1. The zero-order valence-corrected chi connectivity index (χ0v) is 10.5. The first-order chi connectivity index (χ1) is 7.77. The monoisotopic (exact) mass is 221 g/mol. The second-order valence-corrected chi connectivity index (χ2v) is 4.13. The van der Waals surface area contributed by atoms with Crippen LogP contribution in [0.3, 0.4) is 0 Å². The maximum atomic E-state index is 5.91. The quantitative estimate of drug-likeness (QED) is 0.561. The minimum atomic E-state index is 0.759. The number of hydrogen-bond donors (Lipinski definition) is 1. The first kappa shape index (κ1) is 12.9. The maximum absolute atomic E-state index is 5.91. The summed E-state index contributed by atoms with van der Waals surface area (Å²) in [5.74, 6) is 0.827. The van der Waals surface area contributed by atoms with E-state index >= 15 is 0 Å². The number of benzene rings is 1. The third kappa shape index (κ3) is 4.13. The average Bonchev–Trinajstić information content (AvgIpc) is 2.30. The van der Waals surface area contributed by atoms with Crippen LogP contribution < -0.4 is 10.5 Å². The molecule has 1 rings (SSSR count). The molecule has 0 aliphatic carbocycles. The minimum absolute atomic E-state index is 0.759. The molecule has 0 aliphatic rings. The van der Waals surface area contributed by atoms with Gasteiger partial charge in [-0.25, -0.2) is 0 Å². The number of ether oxygens (including phenoxy) is 1. The Morgan fingerprint density at radius 1 is 1.12 bits per heavy atom. The first-order valence-electron chi connectivity index (χ1n) is 6.29. The molecule has 2 nitrogen and oxygen atoms in total. The molecule has 2 heteroatoms. The fraction of sp³-hybridized carbons (Fsp3) is 0.571. The van der Waals surface area contributed by atoms with Crippen LogP contribution in [-0.4, -0.2) is 6.61 Å². The molecular formula is C14H23NO. The van der Waals surface area contributed by atoms with E-state index < -0.39 is 0 Å². The Kier molecular flexibility index (Phi) is 5.76. The SMILES string of the molecule is CCCCCCOc1ccc(CC)cc1N. The van der Waals surface area contributed by atoms with E-state index in [1.54, 1.807) is 0 Å². The van der Waals surface area contributed by atoms with Crippen molar-refractivity contribution in [3.63, 3.8) is 0 Å². The summed E-state index contributed by atoms with van der Waals surface area (Å²) in [6, 6.07) is 6.06. The number of anilines is 1. The zero-order chi connectivity index (χ0) is 11.8. The molecule has 0 radical (unpaired) electrons. The van der Waals surface area contributed by atoms with E-state index in [2.05, 4.69) is 19.9 Å². The fourth-order valence-corrected chi connectivity index (χ4v) is 1.66. The highest BCUT2D eigenvalue weighted by Crippen LogP contribution is 2.23. The molecule has 0 aliphatic heterocycles. The molecule has 0 bridgehead atoms. The highest BCUT2D eigenvalue weighted by Gasteiger charge is 2.00. The number of rotatable bonds is 7. The first-order valence-corrected chi connectivity index (χ1v) is 6.29. The molecule has 90 valence electrons. The minimum Gasteiger partial charge on any atom is -0.491 e. The lowest BCUT2D eigenvalue weighted by Gasteiger charge is -2.09. The van der Waals surface area contributed by atoms with Crippen molar-refractivity contribution in [2.45, 2.75) is 46.0 Å². The number of unbranched alkanes of at least 4 members (excludes halogenated alkanes) is 3. The van der Waals surface area contributed by atoms with Crippen LogP contribution in [0.15, 0.2) is 18.2 Å². The molecule has 0 heterocycles. The van der Waals surface area contributed by atoms with Crippen molar-refractivity contribution in [3.8, 4) is 5.75 Å². The van der Waals surface area contributed by atoms with Crippen LogP contribution in [0.1, 0.15) is 45.1 Å². The van der Waals surface area contributed by atoms with Crippen molar-refractivity contribution in [1.82, 2.24) is 0 Å². The van der Waals surface area contributed by atoms with E-state index in [0.717, 1.165) is 30.9 Å². The van der Waals surface area contributed by atoms with E-state index in [0.29, 0.717) is 0 Å². The second-order valence-electron chi connectivity index (χ2n) is 4.13. The topological polar surface area (TPSA) is 35.2 Å². The van der Waals surface area contributed by atoms with E-state index in [1.165, 1.54) is 24.8 Å². The number of nitrogen functional groups attached to an aromatic ring is 1. The highest BCUT2D eigenvalue weighted by atomic mass is 16.5. The van der Waals surface area contributed by atoms with E-state index in [1.807, 2.05) is 12.1 Å². The fourth-order valence-electron chi connectivity index (χ4n) is 1.66. The Morgan fingerprint density at radius 2 is 1.94 bits per heavy atom. The highest BCUT2D eigenvalue weighted by molar-refractivity contribution is 5.54. The van der Waals surface area contributed by atoms with E-state index in [-0.39, 0.29) is 0 Å². The van der Waals surface area contributed by atoms with Crippen LogP contribution in [0.25, 0.3) is 0 Å². The van der Waals surface area contributed by atoms with E-state index in [4.69, 9.17) is 10.5 Å². The molecule has 0 saturated heterocycles. The zero-order valence-electron chi connectivity index (χ0n) is 10.5. The van der Waals surface area contributed by atoms with Gasteiger partial charge in [-0.3, -0.25) is 0 Å². The van der Waals surface area contributed by atoms with Crippen LogP contribution in [0.2, 0.25) is 0 Å². The molecule has 0 spiro atoms. The van der Waals surface area contributed by atoms with Crippen LogP contribution in [0.5, 0.6) is 5.75 Å². The van der Waals surface area contributed by atoms with Crippen molar-refractivity contribution < 1.29 is 4.74 Å². The van der Waals surface area contributed by atoms with Crippen LogP contribution in [0, 0.1) is 0 Å². The number of nitrogens with two attached hydrogens (primary N) is 1. The molecule has 0 amide bonds. The third-order valence-corrected chi connectivity index (χ3v) is 2.74. The lowest BCUT2D eigenvalue weighted by molar-refractivity contribution is 0.306. The summed E-state index contributed by atoms with van der Waals surface area (Å²) in [5, 5.41) is 0. The summed E-state index contributed by atoms with van der Waals surface area (Å²) in [6.45, 7) is 5.11. The lowest BCUT2D eigenvalue weighted by Crippen LogP contribution is -2.00. The summed E-state index contributed by atoms with van der Waals surface area (Å²) >= 11 is 0. The molecule has 0 fully saturated rings. The Hall–Kier alpha value is -1.18. The van der Waals surface area contributed by atoms with Gasteiger partial charge in [0, 0.05) is 0 Å². The van der Waals surface area contributed by atoms with Crippen molar-refractivity contribution in [3.05, 3.63) is 23.8 Å². The van der Waals surface area contributed by atoms with Gasteiger partial charge in [-0.2, -0.15) is 0 Å². The van der Waals surface area contributed by atoms with Crippen LogP contribution >= 0.6 is 0 Å². The second kappa shape index (κ2) is 7.15. The molecule has 1 aromatic rings. The average molecular weight is 221 g/mol. The molecule has 0 aromatic heterocycles. The predicted octanol–water partition coefficient (Wildman–Crippen LogP) is 3.79. The van der Waals surface area contributed by atoms with Crippen LogP contribution in [0.4, 0.5) is 5.69 Å². The van der Waals surface area contributed by atoms with Crippen molar-refractivity contribution >= 4 is 5.69 Å². The van der Waals surface area contributed by atoms with Crippen molar-refractivity contribution in [2.24, 2.45) is 0 Å². The summed E-state index contributed by atoms with van der Waals surface area (Å²) in [5.41, 5.74) is 7.93. The third-order valence-electron chi connectivity index (χ3n) is 2.74. The normalized spacial score (nSPS) is 10.4. The molecule has 0 unspecified atom stereocenters. The van der Waals surface area contributed by atoms with Gasteiger partial charge in [-0.05, 0) is 30.5 Å². The van der Waals surface area contributed by atoms with Gasteiger partial charge < -0.3 is 10.5 Å². The van der Waals surface area contributed by atoms with Gasteiger partial charge in [0.2, 0.25) is 0 Å². The molecule has 0 saturated carbocycles. The summed E-state index contributed by atoms with van der Waals surface area (Å²) in [4.78, 5) is 0. The lowest BCUT2D eigenvalue weighted by atomic mass is 10.1. The van der Waals surface area contributed by atoms with Gasteiger partial charge in [-0.15, -0.1) is 0 Å². The molecule has 0 atom stereocenters. The van der Waals surface area contributed by atoms with Gasteiger partial charge in [0.1, 0.15) is 5.75 Å². The Morgan fingerprint density at radius 3 is 2.56 bits per heavy atom. The Labute approximate surface area is 98.8 Å². The molecular weight excluding hydrogens is 198 g/mol. The molecule has 2 N–H and O–H groups in total. The van der Waals surface area contributed by atoms with Crippen LogP contribution in [-0.2, 0) is 6.42 Å². The van der Waals surface area contributed by atoms with Crippen molar-refractivity contribution in [2.75, 3.05) is 12.3 Å². The number of hydrogen-bond acceptors (Lipinski definition) is 2. The molecule has 16 heavy (non-hydrogen) atoms. The van der Waals surface area contributed by atoms with E-state index in [9.17, 15) is 0 Å². The standard InChI is InChI=1S/C14H23NO/c1-3-5-6-7-10-16-14-9-8-12(4-2)11-13(14)15/h8-9,11H,3-7,10,15H2,1-2H3. The van der Waals surface area contributed by atoms with Gasteiger partial charge in [-0.1, -0.05) is 39.2 Å². The summed E-state index contributed by atoms with van der Waals surface area (Å²) < 4.78 is 5.66. The smallest absolute Gasteiger partial charge is 0.142 e. The predicted molar refractivity (Wildman–Crippen MR) is 69.9 cm³/mol.